The fourth-order valence-electron chi connectivity index (χ4n) is 3.67. The first-order valence-corrected chi connectivity index (χ1v) is 8.01. The number of rotatable bonds is 2. The molecule has 2 bridgehead atoms. The van der Waals surface area contributed by atoms with Gasteiger partial charge in [0.15, 0.2) is 0 Å². The molecular formula is C17H21N5. The Balaban J connectivity index is 1.60. The molecule has 5 nitrogen and oxygen atoms in total. The summed E-state index contributed by atoms with van der Waals surface area (Å²) in [5.74, 6) is 0.849. The van der Waals surface area contributed by atoms with Crippen molar-refractivity contribution in [3.05, 3.63) is 36.8 Å². The van der Waals surface area contributed by atoms with Crippen molar-refractivity contribution in [2.24, 2.45) is 0 Å². The second-order valence-electron chi connectivity index (χ2n) is 6.27. The lowest BCUT2D eigenvalue weighted by Gasteiger charge is -2.25. The zero-order chi connectivity index (χ0) is 14.9. The maximum Gasteiger partial charge on any atom is 0.225 e. The van der Waals surface area contributed by atoms with Crippen LogP contribution in [0, 0.1) is 0 Å². The Kier molecular flexibility index (Phi) is 3.50. The van der Waals surface area contributed by atoms with E-state index in [-0.39, 0.29) is 0 Å². The van der Waals surface area contributed by atoms with Crippen LogP contribution in [-0.2, 0) is 0 Å². The van der Waals surface area contributed by atoms with Crippen LogP contribution < -0.4 is 4.90 Å². The number of anilines is 1. The molecule has 4 rings (SSSR count). The molecule has 2 atom stereocenters. The first-order valence-electron chi connectivity index (χ1n) is 8.01. The molecule has 0 unspecified atom stereocenters. The molecule has 2 fully saturated rings. The van der Waals surface area contributed by atoms with Crippen LogP contribution in [-0.4, -0.2) is 52.1 Å². The van der Waals surface area contributed by atoms with Gasteiger partial charge in [-0.3, -0.25) is 9.88 Å². The molecule has 2 aliphatic heterocycles. The Morgan fingerprint density at radius 1 is 1.09 bits per heavy atom. The second-order valence-corrected chi connectivity index (χ2v) is 6.27. The van der Waals surface area contributed by atoms with Gasteiger partial charge >= 0.3 is 0 Å². The van der Waals surface area contributed by atoms with Crippen molar-refractivity contribution in [2.75, 3.05) is 25.0 Å². The lowest BCUT2D eigenvalue weighted by atomic mass is 10.1. The van der Waals surface area contributed by atoms with Crippen LogP contribution in [0.25, 0.3) is 11.3 Å². The van der Waals surface area contributed by atoms with E-state index in [1.807, 2.05) is 30.6 Å². The highest BCUT2D eigenvalue weighted by molar-refractivity contribution is 5.58. The Bertz CT molecular complexity index is 645. The first-order chi connectivity index (χ1) is 10.8. The number of fused-ring (bicyclic) bond motifs is 2. The molecule has 2 aromatic rings. The number of likely N-dealkylation sites (N-methyl/N-ethyl adjacent to an activating group) is 1. The van der Waals surface area contributed by atoms with Gasteiger partial charge in [-0.15, -0.1) is 0 Å². The predicted octanol–water partition coefficient (Wildman–Crippen LogP) is 2.21. The van der Waals surface area contributed by atoms with Crippen molar-refractivity contribution >= 4 is 5.95 Å². The SMILES string of the molecule is CN1[C@@H]2CC[C@H]1CN(c1nccc(-c3cccnc3)n1)CC2. The van der Waals surface area contributed by atoms with E-state index in [4.69, 9.17) is 4.98 Å². The summed E-state index contributed by atoms with van der Waals surface area (Å²) in [6, 6.07) is 7.31. The third-order valence-corrected chi connectivity index (χ3v) is 5.03. The minimum atomic E-state index is 0.637. The highest BCUT2D eigenvalue weighted by Crippen LogP contribution is 2.30. The van der Waals surface area contributed by atoms with Crippen LogP contribution in [0.15, 0.2) is 36.8 Å². The molecule has 0 aliphatic carbocycles. The van der Waals surface area contributed by atoms with Gasteiger partial charge in [0, 0.05) is 49.3 Å². The Hall–Kier alpha value is -2.01. The van der Waals surface area contributed by atoms with E-state index in [0.717, 1.165) is 36.3 Å². The molecule has 2 saturated heterocycles. The predicted molar refractivity (Wildman–Crippen MR) is 86.7 cm³/mol. The number of hydrogen-bond donors (Lipinski definition) is 0. The normalized spacial score (nSPS) is 25.2. The number of hydrogen-bond acceptors (Lipinski definition) is 5. The highest BCUT2D eigenvalue weighted by atomic mass is 15.3. The molecule has 0 amide bonds. The monoisotopic (exact) mass is 295 g/mol. The molecule has 4 heterocycles. The average Bonchev–Trinajstić information content (AvgIpc) is 2.81. The van der Waals surface area contributed by atoms with Gasteiger partial charge in [-0.25, -0.2) is 9.97 Å². The van der Waals surface area contributed by atoms with Crippen molar-refractivity contribution in [2.45, 2.75) is 31.3 Å². The molecule has 0 spiro atoms. The fourth-order valence-corrected chi connectivity index (χ4v) is 3.67. The van der Waals surface area contributed by atoms with E-state index >= 15 is 0 Å². The summed E-state index contributed by atoms with van der Waals surface area (Å²) in [6.07, 6.45) is 9.33. The summed E-state index contributed by atoms with van der Waals surface area (Å²) in [5, 5.41) is 0. The summed E-state index contributed by atoms with van der Waals surface area (Å²) >= 11 is 0. The Labute approximate surface area is 131 Å². The van der Waals surface area contributed by atoms with Crippen molar-refractivity contribution < 1.29 is 0 Å². The second kappa shape index (κ2) is 5.65. The van der Waals surface area contributed by atoms with Crippen molar-refractivity contribution in [3.63, 3.8) is 0 Å². The standard InChI is InChI=1S/C17H21N5/c1-21-14-4-5-15(21)12-22(10-7-14)17-19-9-6-16(20-17)13-3-2-8-18-11-13/h2-3,6,8-9,11,14-15H,4-5,7,10,12H2,1H3/t14-,15+/m1/s1. The molecule has 0 N–H and O–H groups in total. The summed E-state index contributed by atoms with van der Waals surface area (Å²) in [7, 11) is 2.26. The zero-order valence-electron chi connectivity index (χ0n) is 12.9. The summed E-state index contributed by atoms with van der Waals surface area (Å²) in [6.45, 7) is 2.07. The van der Waals surface area contributed by atoms with Crippen LogP contribution in [0.1, 0.15) is 19.3 Å². The van der Waals surface area contributed by atoms with Gasteiger partial charge in [-0.1, -0.05) is 0 Å². The Morgan fingerprint density at radius 2 is 2.00 bits per heavy atom. The van der Waals surface area contributed by atoms with Gasteiger partial charge in [0.05, 0.1) is 5.69 Å². The van der Waals surface area contributed by atoms with Gasteiger partial charge in [0.25, 0.3) is 0 Å². The quantitative estimate of drug-likeness (QED) is 0.850. The van der Waals surface area contributed by atoms with Gasteiger partial charge in [-0.05, 0) is 44.5 Å². The molecule has 5 heteroatoms. The van der Waals surface area contributed by atoms with Gasteiger partial charge in [0.1, 0.15) is 0 Å². The van der Waals surface area contributed by atoms with Gasteiger partial charge in [0.2, 0.25) is 5.95 Å². The smallest absolute Gasteiger partial charge is 0.225 e. The van der Waals surface area contributed by atoms with E-state index < -0.39 is 0 Å². The topological polar surface area (TPSA) is 45.2 Å². The van der Waals surface area contributed by atoms with Crippen LogP contribution in [0.5, 0.6) is 0 Å². The lowest BCUT2D eigenvalue weighted by molar-refractivity contribution is 0.254. The third kappa shape index (κ3) is 2.46. The van der Waals surface area contributed by atoms with Crippen LogP contribution in [0.4, 0.5) is 5.95 Å². The van der Waals surface area contributed by atoms with E-state index in [9.17, 15) is 0 Å². The average molecular weight is 295 g/mol. The highest BCUT2D eigenvalue weighted by Gasteiger charge is 2.35. The molecule has 0 radical (unpaired) electrons. The molecule has 0 saturated carbocycles. The van der Waals surface area contributed by atoms with Crippen LogP contribution in [0.3, 0.4) is 0 Å². The molecule has 22 heavy (non-hydrogen) atoms. The first kappa shape index (κ1) is 13.6. The molecule has 2 aliphatic rings. The molecular weight excluding hydrogens is 274 g/mol. The maximum absolute atomic E-state index is 4.77. The minimum absolute atomic E-state index is 0.637. The van der Waals surface area contributed by atoms with Crippen LogP contribution >= 0.6 is 0 Å². The molecule has 2 aromatic heterocycles. The van der Waals surface area contributed by atoms with Crippen molar-refractivity contribution in [1.82, 2.24) is 19.9 Å². The van der Waals surface area contributed by atoms with E-state index in [1.54, 1.807) is 6.20 Å². The maximum atomic E-state index is 4.77. The van der Waals surface area contributed by atoms with Crippen molar-refractivity contribution in [1.29, 1.82) is 0 Å². The lowest BCUT2D eigenvalue weighted by Crippen LogP contribution is -2.37. The van der Waals surface area contributed by atoms with Crippen molar-refractivity contribution in [3.8, 4) is 11.3 Å². The molecule has 0 aromatic carbocycles. The Morgan fingerprint density at radius 3 is 2.86 bits per heavy atom. The number of pyridine rings is 1. The fraction of sp³-hybridized carbons (Fsp3) is 0.471. The van der Waals surface area contributed by atoms with Gasteiger partial charge in [-0.2, -0.15) is 0 Å². The van der Waals surface area contributed by atoms with Crippen LogP contribution in [0.2, 0.25) is 0 Å². The molecule has 114 valence electrons. The number of aromatic nitrogens is 3. The van der Waals surface area contributed by atoms with Gasteiger partial charge < -0.3 is 4.90 Å². The minimum Gasteiger partial charge on any atom is -0.339 e. The number of nitrogens with zero attached hydrogens (tertiary/aromatic N) is 5. The van der Waals surface area contributed by atoms with E-state index in [1.165, 1.54) is 19.3 Å². The van der Waals surface area contributed by atoms with E-state index in [0.29, 0.717) is 6.04 Å². The third-order valence-electron chi connectivity index (χ3n) is 5.03. The largest absolute Gasteiger partial charge is 0.339 e. The summed E-state index contributed by atoms with van der Waals surface area (Å²) in [5.41, 5.74) is 1.99. The summed E-state index contributed by atoms with van der Waals surface area (Å²) < 4.78 is 0. The van der Waals surface area contributed by atoms with E-state index in [2.05, 4.69) is 26.8 Å². The summed E-state index contributed by atoms with van der Waals surface area (Å²) in [4.78, 5) is 18.4. The zero-order valence-corrected chi connectivity index (χ0v) is 12.9.